The lowest BCUT2D eigenvalue weighted by atomic mass is 9.97. The molecule has 1 N–H and O–H groups in total. The third-order valence-electron chi connectivity index (χ3n) is 4.14. The first-order valence-electron chi connectivity index (χ1n) is 8.19. The zero-order valence-corrected chi connectivity index (χ0v) is 14.0. The number of benzene rings is 1. The Hall–Kier alpha value is -0.900. The summed E-state index contributed by atoms with van der Waals surface area (Å²) in [6, 6.07) is 7.25. The summed E-state index contributed by atoms with van der Waals surface area (Å²) < 4.78 is 6.04. The molecule has 1 aliphatic heterocycles. The van der Waals surface area contributed by atoms with Crippen LogP contribution in [0.15, 0.2) is 18.2 Å². The summed E-state index contributed by atoms with van der Waals surface area (Å²) >= 11 is 0. The summed E-state index contributed by atoms with van der Waals surface area (Å²) in [5.41, 5.74) is 4.11. The normalized spacial score (nSPS) is 21.4. The van der Waals surface area contributed by atoms with Crippen LogP contribution in [-0.2, 0) is 11.2 Å². The Morgan fingerprint density at radius 3 is 2.62 bits per heavy atom. The lowest BCUT2D eigenvalue weighted by molar-refractivity contribution is -0.0383. The summed E-state index contributed by atoms with van der Waals surface area (Å²) in [4.78, 5) is 2.37. The number of ether oxygens (including phenoxy) is 1. The Kier molecular flexibility index (Phi) is 6.22. The highest BCUT2D eigenvalue weighted by Crippen LogP contribution is 2.16. The van der Waals surface area contributed by atoms with E-state index < -0.39 is 0 Å². The average Bonchev–Trinajstić information content (AvgIpc) is 2.42. The largest absolute Gasteiger partial charge is 0.374 e. The van der Waals surface area contributed by atoms with Crippen molar-refractivity contribution < 1.29 is 4.74 Å². The van der Waals surface area contributed by atoms with E-state index in [9.17, 15) is 0 Å². The molecule has 2 rings (SSSR count). The number of nitrogens with one attached hydrogen (secondary N) is 1. The molecule has 1 aromatic carbocycles. The highest BCUT2D eigenvalue weighted by Gasteiger charge is 2.26. The summed E-state index contributed by atoms with van der Waals surface area (Å²) in [6.45, 7) is 10.5. The molecule has 0 bridgehead atoms. The maximum Gasteiger partial charge on any atom is 0.0858 e. The van der Waals surface area contributed by atoms with Gasteiger partial charge in [-0.25, -0.2) is 0 Å². The first kappa shape index (κ1) is 16.5. The Labute approximate surface area is 129 Å². The van der Waals surface area contributed by atoms with Gasteiger partial charge in [0.25, 0.3) is 0 Å². The third kappa shape index (κ3) is 5.10. The van der Waals surface area contributed by atoms with Crippen LogP contribution in [0.2, 0.25) is 0 Å². The van der Waals surface area contributed by atoms with Crippen LogP contribution in [0.4, 0.5) is 0 Å². The fourth-order valence-corrected chi connectivity index (χ4v) is 3.16. The molecule has 1 fully saturated rings. The Morgan fingerprint density at radius 1 is 1.29 bits per heavy atom. The van der Waals surface area contributed by atoms with Gasteiger partial charge in [0, 0.05) is 19.1 Å². The van der Waals surface area contributed by atoms with Crippen LogP contribution in [0.5, 0.6) is 0 Å². The van der Waals surface area contributed by atoms with Crippen LogP contribution in [0.1, 0.15) is 30.0 Å². The smallest absolute Gasteiger partial charge is 0.0858 e. The molecule has 118 valence electrons. The number of morpholine rings is 1. The fourth-order valence-electron chi connectivity index (χ4n) is 3.16. The number of nitrogens with zero attached hydrogens (tertiary/aromatic N) is 1. The van der Waals surface area contributed by atoms with Crippen molar-refractivity contribution in [2.75, 3.05) is 33.3 Å². The molecule has 0 amide bonds. The predicted octanol–water partition coefficient (Wildman–Crippen LogP) is 2.54. The molecular weight excluding hydrogens is 260 g/mol. The van der Waals surface area contributed by atoms with Gasteiger partial charge >= 0.3 is 0 Å². The van der Waals surface area contributed by atoms with E-state index in [1.807, 2.05) is 0 Å². The van der Waals surface area contributed by atoms with Gasteiger partial charge in [-0.05, 0) is 45.8 Å². The van der Waals surface area contributed by atoms with Crippen LogP contribution in [-0.4, -0.2) is 50.3 Å². The first-order chi connectivity index (χ1) is 10.1. The van der Waals surface area contributed by atoms with E-state index in [2.05, 4.69) is 56.2 Å². The quantitative estimate of drug-likeness (QED) is 0.871. The standard InChI is InChI=1S/C18H30N2O/c1-5-6-19-17(18-13-20(4)7-8-21-18)12-16-10-14(2)9-15(3)11-16/h9-11,17-19H,5-8,12-13H2,1-4H3. The van der Waals surface area contributed by atoms with Crippen molar-refractivity contribution in [3.63, 3.8) is 0 Å². The number of likely N-dealkylation sites (N-methyl/N-ethyl adjacent to an activating group) is 1. The highest BCUT2D eigenvalue weighted by molar-refractivity contribution is 5.29. The maximum absolute atomic E-state index is 6.04. The molecule has 1 aliphatic rings. The van der Waals surface area contributed by atoms with Crippen molar-refractivity contribution in [1.82, 2.24) is 10.2 Å². The minimum Gasteiger partial charge on any atom is -0.374 e. The molecule has 2 unspecified atom stereocenters. The minimum atomic E-state index is 0.288. The monoisotopic (exact) mass is 290 g/mol. The summed E-state index contributed by atoms with van der Waals surface area (Å²) in [7, 11) is 2.18. The summed E-state index contributed by atoms with van der Waals surface area (Å²) in [6.07, 6.45) is 2.49. The average molecular weight is 290 g/mol. The van der Waals surface area contributed by atoms with Gasteiger partial charge in [-0.1, -0.05) is 36.2 Å². The number of aryl methyl sites for hydroxylation is 2. The summed E-state index contributed by atoms with van der Waals surface area (Å²) in [5, 5.41) is 3.70. The maximum atomic E-state index is 6.04. The SMILES string of the molecule is CCCNC(Cc1cc(C)cc(C)c1)C1CN(C)CCO1. The topological polar surface area (TPSA) is 24.5 Å². The molecule has 0 saturated carbocycles. The molecule has 0 spiro atoms. The second-order valence-electron chi connectivity index (χ2n) is 6.43. The van der Waals surface area contributed by atoms with Crippen LogP contribution in [0, 0.1) is 13.8 Å². The van der Waals surface area contributed by atoms with Gasteiger partial charge in [0.2, 0.25) is 0 Å². The minimum absolute atomic E-state index is 0.288. The number of hydrogen-bond donors (Lipinski definition) is 1. The van der Waals surface area contributed by atoms with Crippen LogP contribution in [0.25, 0.3) is 0 Å². The van der Waals surface area contributed by atoms with E-state index in [0.717, 1.165) is 39.1 Å². The fraction of sp³-hybridized carbons (Fsp3) is 0.667. The van der Waals surface area contributed by atoms with Gasteiger partial charge in [0.05, 0.1) is 12.7 Å². The van der Waals surface area contributed by atoms with Gasteiger partial charge < -0.3 is 15.0 Å². The van der Waals surface area contributed by atoms with E-state index >= 15 is 0 Å². The second kappa shape index (κ2) is 7.92. The number of hydrogen-bond acceptors (Lipinski definition) is 3. The predicted molar refractivity (Wildman–Crippen MR) is 88.9 cm³/mol. The van der Waals surface area contributed by atoms with E-state index in [-0.39, 0.29) is 6.10 Å². The highest BCUT2D eigenvalue weighted by atomic mass is 16.5. The van der Waals surface area contributed by atoms with Crippen LogP contribution >= 0.6 is 0 Å². The van der Waals surface area contributed by atoms with Gasteiger partial charge in [0.15, 0.2) is 0 Å². The molecule has 2 atom stereocenters. The van der Waals surface area contributed by atoms with E-state index in [0.29, 0.717) is 6.04 Å². The molecule has 0 radical (unpaired) electrons. The molecule has 1 heterocycles. The zero-order chi connectivity index (χ0) is 15.2. The third-order valence-corrected chi connectivity index (χ3v) is 4.14. The van der Waals surface area contributed by atoms with E-state index in [4.69, 9.17) is 4.74 Å². The molecule has 21 heavy (non-hydrogen) atoms. The van der Waals surface area contributed by atoms with Gasteiger partial charge in [-0.2, -0.15) is 0 Å². The molecular formula is C18H30N2O. The molecule has 3 heteroatoms. The van der Waals surface area contributed by atoms with Crippen molar-refractivity contribution in [2.24, 2.45) is 0 Å². The second-order valence-corrected chi connectivity index (χ2v) is 6.43. The molecule has 3 nitrogen and oxygen atoms in total. The lowest BCUT2D eigenvalue weighted by Crippen LogP contribution is -2.52. The van der Waals surface area contributed by atoms with Crippen LogP contribution < -0.4 is 5.32 Å². The van der Waals surface area contributed by atoms with Gasteiger partial charge in [0.1, 0.15) is 0 Å². The van der Waals surface area contributed by atoms with Crippen molar-refractivity contribution >= 4 is 0 Å². The zero-order valence-electron chi connectivity index (χ0n) is 14.0. The lowest BCUT2D eigenvalue weighted by Gasteiger charge is -2.36. The van der Waals surface area contributed by atoms with Crippen molar-refractivity contribution in [3.05, 3.63) is 34.9 Å². The first-order valence-corrected chi connectivity index (χ1v) is 8.19. The molecule has 1 saturated heterocycles. The van der Waals surface area contributed by atoms with Crippen molar-refractivity contribution in [3.8, 4) is 0 Å². The van der Waals surface area contributed by atoms with Gasteiger partial charge in [-0.15, -0.1) is 0 Å². The Morgan fingerprint density at radius 2 is 2.00 bits per heavy atom. The van der Waals surface area contributed by atoms with Crippen molar-refractivity contribution in [2.45, 2.75) is 45.8 Å². The Bertz CT molecular complexity index is 427. The molecule has 1 aromatic rings. The molecule has 0 aromatic heterocycles. The van der Waals surface area contributed by atoms with Crippen LogP contribution in [0.3, 0.4) is 0 Å². The molecule has 0 aliphatic carbocycles. The van der Waals surface area contributed by atoms with E-state index in [1.54, 1.807) is 0 Å². The van der Waals surface area contributed by atoms with E-state index in [1.165, 1.54) is 16.7 Å². The Balaban J connectivity index is 2.07. The summed E-state index contributed by atoms with van der Waals surface area (Å²) in [5.74, 6) is 0. The van der Waals surface area contributed by atoms with Crippen molar-refractivity contribution in [1.29, 1.82) is 0 Å². The number of rotatable bonds is 6. The van der Waals surface area contributed by atoms with Gasteiger partial charge in [-0.3, -0.25) is 0 Å².